The van der Waals surface area contributed by atoms with Crippen LogP contribution in [0.25, 0.3) is 0 Å². The molecule has 1 aromatic carbocycles. The van der Waals surface area contributed by atoms with Crippen molar-refractivity contribution in [2.45, 2.75) is 19.7 Å². The highest BCUT2D eigenvalue weighted by Crippen LogP contribution is 2.15. The van der Waals surface area contributed by atoms with Crippen molar-refractivity contribution in [3.05, 3.63) is 57.8 Å². The molecule has 0 unspecified atom stereocenters. The average molecular weight is 521 g/mol. The molecule has 0 aliphatic heterocycles. The number of aliphatic imine (C=N–C) groups is 1. The molecule has 0 bridgehead atoms. The normalized spacial score (nSPS) is 11.2. The van der Waals surface area contributed by atoms with Crippen LogP contribution in [0.4, 0.5) is 0 Å². The lowest BCUT2D eigenvalue weighted by Gasteiger charge is -2.22. The van der Waals surface area contributed by atoms with E-state index in [1.165, 1.54) is 16.8 Å². The van der Waals surface area contributed by atoms with E-state index in [0.29, 0.717) is 6.61 Å². The Labute approximate surface area is 175 Å². The van der Waals surface area contributed by atoms with Crippen LogP contribution in [0.15, 0.2) is 46.0 Å². The molecule has 0 saturated carbocycles. The van der Waals surface area contributed by atoms with Crippen LogP contribution in [0.5, 0.6) is 0 Å². The molecule has 25 heavy (non-hydrogen) atoms. The first-order valence-corrected chi connectivity index (χ1v) is 8.62. The number of halogens is 2. The monoisotopic (exact) mass is 520 g/mol. The predicted molar refractivity (Wildman–Crippen MR) is 117 cm³/mol. The molecule has 0 aliphatic rings. The molecule has 0 saturated heterocycles. The molecule has 0 spiro atoms. The lowest BCUT2D eigenvalue weighted by Crippen LogP contribution is -2.38. The van der Waals surface area contributed by atoms with Crippen LogP contribution in [0.2, 0.25) is 0 Å². The van der Waals surface area contributed by atoms with Crippen LogP contribution >= 0.6 is 39.9 Å². The van der Waals surface area contributed by atoms with Gasteiger partial charge >= 0.3 is 0 Å². The van der Waals surface area contributed by atoms with E-state index >= 15 is 0 Å². The van der Waals surface area contributed by atoms with Gasteiger partial charge in [0.1, 0.15) is 0 Å². The van der Waals surface area contributed by atoms with Crippen LogP contribution in [0.3, 0.4) is 0 Å². The SMILES string of the molecule is CN=C(NCc1cccc(COC)c1)N(C)Cc1cc(Br)cn1C.I. The summed E-state index contributed by atoms with van der Waals surface area (Å²) in [6.07, 6.45) is 2.06. The Morgan fingerprint density at radius 3 is 2.64 bits per heavy atom. The highest BCUT2D eigenvalue weighted by molar-refractivity contribution is 14.0. The maximum Gasteiger partial charge on any atom is 0.194 e. The minimum atomic E-state index is 0. The Morgan fingerprint density at radius 1 is 1.32 bits per heavy atom. The molecule has 2 rings (SSSR count). The number of nitrogens with zero attached hydrogens (tertiary/aromatic N) is 3. The third-order valence-electron chi connectivity index (χ3n) is 3.80. The van der Waals surface area contributed by atoms with Crippen LogP contribution in [-0.2, 0) is 31.5 Å². The summed E-state index contributed by atoms with van der Waals surface area (Å²) in [5, 5.41) is 3.42. The van der Waals surface area contributed by atoms with Gasteiger partial charge in [0.2, 0.25) is 0 Å². The van der Waals surface area contributed by atoms with Crippen molar-refractivity contribution in [2.24, 2.45) is 12.0 Å². The number of nitrogens with one attached hydrogen (secondary N) is 1. The van der Waals surface area contributed by atoms with Gasteiger partial charge < -0.3 is 19.5 Å². The van der Waals surface area contributed by atoms with Gasteiger partial charge in [-0.05, 0) is 33.1 Å². The van der Waals surface area contributed by atoms with Crippen LogP contribution in [0.1, 0.15) is 16.8 Å². The molecule has 7 heteroatoms. The summed E-state index contributed by atoms with van der Waals surface area (Å²) in [4.78, 5) is 6.49. The van der Waals surface area contributed by atoms with Crippen LogP contribution in [-0.4, -0.2) is 36.6 Å². The van der Waals surface area contributed by atoms with E-state index in [-0.39, 0.29) is 24.0 Å². The number of hydrogen-bond donors (Lipinski definition) is 1. The van der Waals surface area contributed by atoms with Crippen molar-refractivity contribution in [3.63, 3.8) is 0 Å². The number of ether oxygens (including phenoxy) is 1. The third kappa shape index (κ3) is 6.63. The maximum atomic E-state index is 5.19. The van der Waals surface area contributed by atoms with Crippen molar-refractivity contribution < 1.29 is 4.74 Å². The maximum absolute atomic E-state index is 5.19. The number of guanidine groups is 1. The molecule has 0 aliphatic carbocycles. The van der Waals surface area contributed by atoms with Gasteiger partial charge in [0, 0.05) is 51.2 Å². The van der Waals surface area contributed by atoms with E-state index < -0.39 is 0 Å². The van der Waals surface area contributed by atoms with E-state index in [0.717, 1.165) is 23.5 Å². The van der Waals surface area contributed by atoms with Crippen molar-refractivity contribution in [1.29, 1.82) is 0 Å². The molecule has 2 aromatic rings. The number of aryl methyl sites for hydroxylation is 1. The topological polar surface area (TPSA) is 41.8 Å². The average Bonchev–Trinajstić information content (AvgIpc) is 2.86. The number of aromatic nitrogens is 1. The van der Waals surface area contributed by atoms with E-state index in [2.05, 4.69) is 72.2 Å². The number of hydrogen-bond acceptors (Lipinski definition) is 2. The Morgan fingerprint density at radius 2 is 2.04 bits per heavy atom. The zero-order chi connectivity index (χ0) is 17.5. The quantitative estimate of drug-likeness (QED) is 0.358. The molecule has 1 heterocycles. The van der Waals surface area contributed by atoms with E-state index in [9.17, 15) is 0 Å². The minimum absolute atomic E-state index is 0. The van der Waals surface area contributed by atoms with Gasteiger partial charge in [-0.1, -0.05) is 24.3 Å². The summed E-state index contributed by atoms with van der Waals surface area (Å²) < 4.78 is 8.39. The molecule has 138 valence electrons. The first-order chi connectivity index (χ1) is 11.5. The second-order valence-corrected chi connectivity index (χ2v) is 6.69. The van der Waals surface area contributed by atoms with Gasteiger partial charge in [-0.25, -0.2) is 0 Å². The highest BCUT2D eigenvalue weighted by Gasteiger charge is 2.09. The molecular weight excluding hydrogens is 495 g/mol. The molecule has 1 N–H and O–H groups in total. The Balaban J connectivity index is 0.00000312. The Kier molecular flexibility index (Phi) is 9.52. The molecular formula is C18H26BrIN4O. The lowest BCUT2D eigenvalue weighted by molar-refractivity contribution is 0.185. The highest BCUT2D eigenvalue weighted by atomic mass is 127. The van der Waals surface area contributed by atoms with Gasteiger partial charge in [0.05, 0.1) is 13.2 Å². The summed E-state index contributed by atoms with van der Waals surface area (Å²) >= 11 is 3.51. The summed E-state index contributed by atoms with van der Waals surface area (Å²) in [5.41, 5.74) is 3.60. The van der Waals surface area contributed by atoms with Gasteiger partial charge in [-0.2, -0.15) is 0 Å². The second-order valence-electron chi connectivity index (χ2n) is 5.77. The fourth-order valence-corrected chi connectivity index (χ4v) is 3.17. The predicted octanol–water partition coefficient (Wildman–Crippen LogP) is 3.76. The van der Waals surface area contributed by atoms with Gasteiger partial charge in [-0.3, -0.25) is 4.99 Å². The standard InChI is InChI=1S/C18H25BrN4O.HI/c1-20-18(23(3)12-17-9-16(19)11-22(17)2)21-10-14-6-5-7-15(8-14)13-24-4;/h5-9,11H,10,12-13H2,1-4H3,(H,20,21);1H. The van der Waals surface area contributed by atoms with Crippen molar-refractivity contribution >= 4 is 45.9 Å². The van der Waals surface area contributed by atoms with Gasteiger partial charge in [-0.15, -0.1) is 24.0 Å². The summed E-state index contributed by atoms with van der Waals surface area (Å²) in [5.74, 6) is 0.865. The fraction of sp³-hybridized carbons (Fsp3) is 0.389. The molecule has 1 aromatic heterocycles. The van der Waals surface area contributed by atoms with E-state index in [1.54, 1.807) is 14.2 Å². The van der Waals surface area contributed by atoms with E-state index in [1.807, 2.05) is 14.1 Å². The molecule has 0 amide bonds. The minimum Gasteiger partial charge on any atom is -0.380 e. The molecule has 0 fully saturated rings. The first kappa shape index (κ1) is 22.0. The Hall–Kier alpha value is -1.06. The van der Waals surface area contributed by atoms with Gasteiger partial charge in [0.25, 0.3) is 0 Å². The number of methoxy groups -OCH3 is 1. The van der Waals surface area contributed by atoms with Crippen molar-refractivity contribution in [3.8, 4) is 0 Å². The molecule has 5 nitrogen and oxygen atoms in total. The largest absolute Gasteiger partial charge is 0.380 e. The van der Waals surface area contributed by atoms with Crippen molar-refractivity contribution in [2.75, 3.05) is 21.2 Å². The molecule has 0 radical (unpaired) electrons. The summed E-state index contributed by atoms with van der Waals surface area (Å²) in [7, 11) is 7.60. The van der Waals surface area contributed by atoms with Crippen LogP contribution in [0, 0.1) is 0 Å². The fourth-order valence-electron chi connectivity index (χ4n) is 2.60. The Bertz CT molecular complexity index is 702. The number of benzene rings is 1. The van der Waals surface area contributed by atoms with Crippen LogP contribution < -0.4 is 5.32 Å². The lowest BCUT2D eigenvalue weighted by atomic mass is 10.1. The van der Waals surface area contributed by atoms with E-state index in [4.69, 9.17) is 4.74 Å². The zero-order valence-corrected chi connectivity index (χ0v) is 19.0. The zero-order valence-electron chi connectivity index (χ0n) is 15.1. The smallest absolute Gasteiger partial charge is 0.194 e. The first-order valence-electron chi connectivity index (χ1n) is 7.82. The van der Waals surface area contributed by atoms with Crippen molar-refractivity contribution in [1.82, 2.24) is 14.8 Å². The molecule has 0 atom stereocenters. The third-order valence-corrected chi connectivity index (χ3v) is 4.23. The second kappa shape index (κ2) is 10.8. The number of rotatable bonds is 6. The summed E-state index contributed by atoms with van der Waals surface area (Å²) in [6.45, 7) is 2.14. The van der Waals surface area contributed by atoms with Gasteiger partial charge in [0.15, 0.2) is 5.96 Å². The summed E-state index contributed by atoms with van der Waals surface area (Å²) in [6, 6.07) is 10.5.